The van der Waals surface area contributed by atoms with Gasteiger partial charge < -0.3 is 28.8 Å². The molecule has 0 aliphatic carbocycles. The van der Waals surface area contributed by atoms with E-state index >= 15 is 0 Å². The summed E-state index contributed by atoms with van der Waals surface area (Å²) in [6, 6.07) is 0. The number of amides is 2. The lowest BCUT2D eigenvalue weighted by atomic mass is 10.1. The molecular weight excluding hydrogens is 601 g/mol. The summed E-state index contributed by atoms with van der Waals surface area (Å²) >= 11 is 1.88. The molecule has 4 rings (SSSR count). The molecule has 1 N–H and O–H groups in total. The minimum absolute atomic E-state index is 0.103. The maximum atomic E-state index is 13.2. The number of imide groups is 1. The van der Waals surface area contributed by atoms with Gasteiger partial charge in [0, 0.05) is 22.6 Å². The molecule has 14 heteroatoms. The fourth-order valence-corrected chi connectivity index (χ4v) is 4.57. The molecule has 4 atom stereocenters. The van der Waals surface area contributed by atoms with Crippen molar-refractivity contribution in [3.05, 3.63) is 10.2 Å². The molecular formula is C23H32IN5O8. The van der Waals surface area contributed by atoms with Gasteiger partial charge in [0.05, 0.1) is 12.9 Å². The zero-order chi connectivity index (χ0) is 27.5. The minimum Gasteiger partial charge on any atom is -0.443 e. The molecule has 0 aromatic carbocycles. The highest BCUT2D eigenvalue weighted by molar-refractivity contribution is 14.1. The average molecular weight is 633 g/mol. The van der Waals surface area contributed by atoms with Crippen LogP contribution in [0, 0.1) is 3.83 Å². The standard InChI is InChI=1S/C23H32IN5O8/c1-21(2,3)36-19(31)29(20(32)37-22(4,5)6)16-12-15(26-18(24)27-16)28(10-25-12)17-14-13(11(9-30)33-17)34-23(7,8)35-14/h10-11,13-14,17,30H,9H2,1-8H3/t11-,13-,14-,17-/m1/s1. The summed E-state index contributed by atoms with van der Waals surface area (Å²) in [6.07, 6.45) is -2.94. The fraction of sp³-hybridized carbons (Fsp3) is 0.696. The molecule has 2 aliphatic heterocycles. The number of fused-ring (bicyclic) bond motifs is 2. The zero-order valence-electron chi connectivity index (χ0n) is 22.0. The van der Waals surface area contributed by atoms with Gasteiger partial charge in [0.2, 0.25) is 0 Å². The Kier molecular flexibility index (Phi) is 7.20. The topological polar surface area (TPSA) is 147 Å². The van der Waals surface area contributed by atoms with E-state index in [4.69, 9.17) is 23.7 Å². The highest BCUT2D eigenvalue weighted by atomic mass is 127. The summed E-state index contributed by atoms with van der Waals surface area (Å²) < 4.78 is 30.9. The van der Waals surface area contributed by atoms with E-state index in [0.717, 1.165) is 0 Å². The normalized spacial score (nSPS) is 25.2. The third-order valence-electron chi connectivity index (χ3n) is 5.32. The minimum atomic E-state index is -0.973. The second kappa shape index (κ2) is 9.55. The van der Waals surface area contributed by atoms with Gasteiger partial charge in [0.25, 0.3) is 0 Å². The molecule has 204 valence electrons. The molecule has 2 aromatic heterocycles. The van der Waals surface area contributed by atoms with Crippen LogP contribution in [0.2, 0.25) is 0 Å². The van der Waals surface area contributed by atoms with Crippen LogP contribution >= 0.6 is 22.6 Å². The number of ether oxygens (including phenoxy) is 5. The number of aromatic nitrogens is 4. The molecule has 2 aromatic rings. The van der Waals surface area contributed by atoms with Gasteiger partial charge in [0.1, 0.15) is 29.5 Å². The van der Waals surface area contributed by atoms with E-state index in [0.29, 0.717) is 4.90 Å². The van der Waals surface area contributed by atoms with Crippen molar-refractivity contribution in [1.82, 2.24) is 19.5 Å². The van der Waals surface area contributed by atoms with Gasteiger partial charge in [-0.1, -0.05) is 0 Å². The Hall–Kier alpha value is -2.14. The smallest absolute Gasteiger partial charge is 0.425 e. The predicted octanol–water partition coefficient (Wildman–Crippen LogP) is 3.52. The van der Waals surface area contributed by atoms with E-state index in [2.05, 4.69) is 15.0 Å². The number of hydrogen-bond donors (Lipinski definition) is 1. The van der Waals surface area contributed by atoms with E-state index in [9.17, 15) is 14.7 Å². The van der Waals surface area contributed by atoms with Crippen LogP contribution in [0.4, 0.5) is 15.4 Å². The van der Waals surface area contributed by atoms with Crippen LogP contribution < -0.4 is 4.90 Å². The largest absolute Gasteiger partial charge is 0.443 e. The molecule has 0 spiro atoms. The summed E-state index contributed by atoms with van der Waals surface area (Å²) in [4.78, 5) is 40.4. The van der Waals surface area contributed by atoms with Crippen LogP contribution in [0.1, 0.15) is 61.6 Å². The Morgan fingerprint density at radius 1 is 1.08 bits per heavy atom. The SMILES string of the molecule is CC(C)(C)OC(=O)N(C(=O)OC(C)(C)C)c1nc(I)nc2c1ncn2[C@@H]1O[C@H](CO)[C@H]2OC(C)(C)O[C@H]21. The molecule has 37 heavy (non-hydrogen) atoms. The number of anilines is 1. The summed E-state index contributed by atoms with van der Waals surface area (Å²) in [5.41, 5.74) is -1.37. The van der Waals surface area contributed by atoms with Crippen molar-refractivity contribution < 1.29 is 38.4 Å². The van der Waals surface area contributed by atoms with Gasteiger partial charge >= 0.3 is 12.2 Å². The number of aliphatic hydroxyl groups is 1. The van der Waals surface area contributed by atoms with E-state index in [1.807, 2.05) is 22.6 Å². The van der Waals surface area contributed by atoms with Crippen molar-refractivity contribution in [3.63, 3.8) is 0 Å². The second-order valence-corrected chi connectivity index (χ2v) is 12.2. The van der Waals surface area contributed by atoms with Gasteiger partial charge in [-0.2, -0.15) is 4.90 Å². The van der Waals surface area contributed by atoms with E-state index in [1.165, 1.54) is 6.33 Å². The van der Waals surface area contributed by atoms with Crippen molar-refractivity contribution in [2.45, 2.75) is 96.9 Å². The lowest BCUT2D eigenvalue weighted by molar-refractivity contribution is -0.199. The first kappa shape index (κ1) is 27.9. The first-order valence-electron chi connectivity index (χ1n) is 11.8. The van der Waals surface area contributed by atoms with Gasteiger partial charge in [0.15, 0.2) is 32.8 Å². The Morgan fingerprint density at radius 2 is 1.65 bits per heavy atom. The molecule has 0 unspecified atom stereocenters. The third-order valence-corrected chi connectivity index (χ3v) is 5.80. The van der Waals surface area contributed by atoms with Crippen molar-refractivity contribution >= 4 is 51.8 Å². The van der Waals surface area contributed by atoms with Crippen molar-refractivity contribution in [3.8, 4) is 0 Å². The van der Waals surface area contributed by atoms with Crippen molar-refractivity contribution in [2.75, 3.05) is 11.5 Å². The van der Waals surface area contributed by atoms with Crippen LogP contribution in [0.5, 0.6) is 0 Å². The van der Waals surface area contributed by atoms with Crippen molar-refractivity contribution in [2.24, 2.45) is 0 Å². The maximum Gasteiger partial charge on any atom is 0.425 e. The number of carbonyl (C=O) groups excluding carboxylic acids is 2. The predicted molar refractivity (Wildman–Crippen MR) is 138 cm³/mol. The average Bonchev–Trinajstić information content (AvgIpc) is 3.35. The molecule has 0 saturated carbocycles. The zero-order valence-corrected chi connectivity index (χ0v) is 24.2. The molecule has 0 bridgehead atoms. The molecule has 2 saturated heterocycles. The number of carbonyl (C=O) groups is 2. The van der Waals surface area contributed by atoms with Crippen LogP contribution in [0.25, 0.3) is 11.2 Å². The highest BCUT2D eigenvalue weighted by Crippen LogP contribution is 2.44. The summed E-state index contributed by atoms with van der Waals surface area (Å²) in [5, 5.41) is 9.86. The fourth-order valence-electron chi connectivity index (χ4n) is 4.11. The van der Waals surface area contributed by atoms with E-state index in [-0.39, 0.29) is 27.4 Å². The van der Waals surface area contributed by atoms with Gasteiger partial charge in [-0.25, -0.2) is 24.5 Å². The third kappa shape index (κ3) is 5.82. The van der Waals surface area contributed by atoms with Gasteiger partial charge in [-0.05, 0) is 55.4 Å². The Labute approximate surface area is 227 Å². The molecule has 13 nitrogen and oxygen atoms in total. The first-order valence-corrected chi connectivity index (χ1v) is 12.9. The van der Waals surface area contributed by atoms with Crippen LogP contribution in [-0.2, 0) is 23.7 Å². The van der Waals surface area contributed by atoms with E-state index in [1.54, 1.807) is 60.0 Å². The molecule has 4 heterocycles. The summed E-state index contributed by atoms with van der Waals surface area (Å²) in [6.45, 7) is 13.4. The maximum absolute atomic E-state index is 13.2. The quantitative estimate of drug-likeness (QED) is 0.391. The number of rotatable bonds is 3. The summed E-state index contributed by atoms with van der Waals surface area (Å²) in [7, 11) is 0. The molecule has 0 radical (unpaired) electrons. The van der Waals surface area contributed by atoms with Crippen LogP contribution in [0.15, 0.2) is 6.33 Å². The Morgan fingerprint density at radius 3 is 2.19 bits per heavy atom. The number of aliphatic hydroxyl groups excluding tert-OH is 1. The highest BCUT2D eigenvalue weighted by Gasteiger charge is 2.56. The van der Waals surface area contributed by atoms with Gasteiger partial charge in [-0.15, -0.1) is 0 Å². The van der Waals surface area contributed by atoms with Crippen molar-refractivity contribution in [1.29, 1.82) is 0 Å². The molecule has 2 fully saturated rings. The summed E-state index contributed by atoms with van der Waals surface area (Å²) in [5.74, 6) is -0.978. The monoisotopic (exact) mass is 633 g/mol. The number of nitrogens with zero attached hydrogens (tertiary/aromatic N) is 5. The van der Waals surface area contributed by atoms with E-state index < -0.39 is 53.7 Å². The number of imidazole rings is 1. The van der Waals surface area contributed by atoms with Crippen LogP contribution in [-0.4, -0.2) is 78.7 Å². The Balaban J connectivity index is 1.81. The Bertz CT molecular complexity index is 1180. The first-order chi connectivity index (χ1) is 17.0. The van der Waals surface area contributed by atoms with Crippen LogP contribution in [0.3, 0.4) is 0 Å². The number of hydrogen-bond acceptors (Lipinski definition) is 11. The number of halogens is 1. The lowest BCUT2D eigenvalue weighted by Crippen LogP contribution is -2.44. The lowest BCUT2D eigenvalue weighted by Gasteiger charge is -2.28. The molecule has 2 amide bonds. The molecule has 2 aliphatic rings. The second-order valence-electron chi connectivity index (χ2n) is 11.2. The van der Waals surface area contributed by atoms with Gasteiger partial charge in [-0.3, -0.25) is 4.57 Å².